The molecule has 0 bridgehead atoms. The summed E-state index contributed by atoms with van der Waals surface area (Å²) >= 11 is 0. The molecule has 1 aromatic heterocycles. The van der Waals surface area contributed by atoms with Gasteiger partial charge in [0.2, 0.25) is 0 Å². The SMILES string of the molecule is CCCc1cc(=O)oc2c3c(ccc12)OCN(C1CC(C)(C)NC(C)(C)C1)C3. The molecule has 152 valence electrons. The number of fused-ring (bicyclic) bond motifs is 3. The topological polar surface area (TPSA) is 54.7 Å². The van der Waals surface area contributed by atoms with Crippen LogP contribution in [0, 0.1) is 0 Å². The van der Waals surface area contributed by atoms with Crippen LogP contribution < -0.4 is 15.7 Å². The average molecular weight is 385 g/mol. The van der Waals surface area contributed by atoms with Gasteiger partial charge in [-0.25, -0.2) is 4.79 Å². The van der Waals surface area contributed by atoms with Crippen LogP contribution in [0.2, 0.25) is 0 Å². The van der Waals surface area contributed by atoms with Crippen molar-refractivity contribution in [3.63, 3.8) is 0 Å². The van der Waals surface area contributed by atoms with E-state index in [0.29, 0.717) is 18.4 Å². The molecule has 0 spiro atoms. The van der Waals surface area contributed by atoms with E-state index in [1.165, 1.54) is 0 Å². The molecule has 0 atom stereocenters. The highest BCUT2D eigenvalue weighted by Gasteiger charge is 2.41. The van der Waals surface area contributed by atoms with Gasteiger partial charge in [0, 0.05) is 35.1 Å². The molecule has 0 radical (unpaired) electrons. The van der Waals surface area contributed by atoms with Gasteiger partial charge in [0.05, 0.1) is 5.56 Å². The van der Waals surface area contributed by atoms with Crippen LogP contribution in [0.1, 0.15) is 65.0 Å². The Morgan fingerprint density at radius 2 is 1.89 bits per heavy atom. The van der Waals surface area contributed by atoms with Crippen molar-refractivity contribution in [2.45, 2.75) is 84.0 Å². The number of benzene rings is 1. The Hall–Kier alpha value is -1.85. The molecule has 28 heavy (non-hydrogen) atoms. The van der Waals surface area contributed by atoms with Gasteiger partial charge in [-0.2, -0.15) is 0 Å². The lowest BCUT2D eigenvalue weighted by Crippen LogP contribution is -2.62. The van der Waals surface area contributed by atoms with E-state index in [-0.39, 0.29) is 16.7 Å². The summed E-state index contributed by atoms with van der Waals surface area (Å²) < 4.78 is 11.8. The van der Waals surface area contributed by atoms with Crippen LogP contribution in [0.15, 0.2) is 27.4 Å². The van der Waals surface area contributed by atoms with Gasteiger partial charge in [-0.15, -0.1) is 0 Å². The van der Waals surface area contributed by atoms with Crippen LogP contribution in [0.25, 0.3) is 11.0 Å². The maximum absolute atomic E-state index is 12.2. The molecule has 2 aromatic rings. The predicted octanol–water partition coefficient (Wildman–Crippen LogP) is 4.21. The number of hydrogen-bond acceptors (Lipinski definition) is 5. The Bertz CT molecular complexity index is 929. The smallest absolute Gasteiger partial charge is 0.336 e. The number of nitrogens with zero attached hydrogens (tertiary/aromatic N) is 1. The second-order valence-corrected chi connectivity index (χ2v) is 9.73. The van der Waals surface area contributed by atoms with Crippen LogP contribution in [-0.2, 0) is 13.0 Å². The first kappa shape index (κ1) is 19.5. The third kappa shape index (κ3) is 3.70. The van der Waals surface area contributed by atoms with Crippen LogP contribution in [0.3, 0.4) is 0 Å². The molecule has 2 aliphatic heterocycles. The number of aryl methyl sites for hydroxylation is 1. The molecule has 0 unspecified atom stereocenters. The Morgan fingerprint density at radius 1 is 1.18 bits per heavy atom. The van der Waals surface area contributed by atoms with E-state index in [0.717, 1.165) is 54.5 Å². The van der Waals surface area contributed by atoms with Crippen LogP contribution in [0.4, 0.5) is 0 Å². The average Bonchev–Trinajstić information content (AvgIpc) is 2.58. The van der Waals surface area contributed by atoms with Gasteiger partial charge in [-0.05, 0) is 64.7 Å². The van der Waals surface area contributed by atoms with Crippen LogP contribution in [0.5, 0.6) is 5.75 Å². The lowest BCUT2D eigenvalue weighted by molar-refractivity contribution is 0.00316. The first-order chi connectivity index (χ1) is 13.2. The van der Waals surface area contributed by atoms with Crippen molar-refractivity contribution in [1.82, 2.24) is 10.2 Å². The molecule has 0 amide bonds. The van der Waals surface area contributed by atoms with E-state index in [2.05, 4.69) is 44.8 Å². The fourth-order valence-corrected chi connectivity index (χ4v) is 5.25. The lowest BCUT2D eigenvalue weighted by atomic mass is 9.79. The highest BCUT2D eigenvalue weighted by molar-refractivity contribution is 5.85. The summed E-state index contributed by atoms with van der Waals surface area (Å²) in [6.07, 6.45) is 4.00. The maximum atomic E-state index is 12.2. The Labute approximate surface area is 167 Å². The first-order valence-corrected chi connectivity index (χ1v) is 10.4. The fraction of sp³-hybridized carbons (Fsp3) is 0.609. The largest absolute Gasteiger partial charge is 0.478 e. The minimum absolute atomic E-state index is 0.0757. The van der Waals surface area contributed by atoms with Crippen molar-refractivity contribution in [3.05, 3.63) is 39.7 Å². The van der Waals surface area contributed by atoms with Crippen molar-refractivity contribution in [2.75, 3.05) is 6.73 Å². The molecule has 4 rings (SSSR count). The predicted molar refractivity (Wildman–Crippen MR) is 112 cm³/mol. The zero-order valence-electron chi connectivity index (χ0n) is 17.7. The second kappa shape index (κ2) is 6.89. The monoisotopic (exact) mass is 384 g/mol. The molecule has 5 heteroatoms. The summed E-state index contributed by atoms with van der Waals surface area (Å²) in [5, 5.41) is 4.79. The summed E-state index contributed by atoms with van der Waals surface area (Å²) in [4.78, 5) is 14.6. The van der Waals surface area contributed by atoms with E-state index in [1.807, 2.05) is 12.1 Å². The summed E-state index contributed by atoms with van der Waals surface area (Å²) in [5.41, 5.74) is 2.65. The minimum atomic E-state index is -0.273. The first-order valence-electron chi connectivity index (χ1n) is 10.4. The van der Waals surface area contributed by atoms with E-state index in [9.17, 15) is 4.79 Å². The summed E-state index contributed by atoms with van der Waals surface area (Å²) in [7, 11) is 0. The lowest BCUT2D eigenvalue weighted by Gasteiger charge is -2.50. The Balaban J connectivity index is 1.71. The molecular formula is C23H32N2O3. The molecular weight excluding hydrogens is 352 g/mol. The zero-order chi connectivity index (χ0) is 20.1. The van der Waals surface area contributed by atoms with E-state index in [4.69, 9.17) is 9.15 Å². The molecule has 2 aliphatic rings. The zero-order valence-corrected chi connectivity index (χ0v) is 17.7. The van der Waals surface area contributed by atoms with Gasteiger partial charge >= 0.3 is 5.63 Å². The highest BCUT2D eigenvalue weighted by atomic mass is 16.5. The molecule has 1 saturated heterocycles. The number of piperidine rings is 1. The van der Waals surface area contributed by atoms with Crippen LogP contribution in [-0.4, -0.2) is 28.8 Å². The van der Waals surface area contributed by atoms with Crippen molar-refractivity contribution < 1.29 is 9.15 Å². The molecule has 3 heterocycles. The normalized spacial score (nSPS) is 22.0. The van der Waals surface area contributed by atoms with Gasteiger partial charge in [0.15, 0.2) is 0 Å². The van der Waals surface area contributed by atoms with E-state index < -0.39 is 0 Å². The number of ether oxygens (including phenoxy) is 1. The third-order valence-electron chi connectivity index (χ3n) is 6.01. The van der Waals surface area contributed by atoms with E-state index >= 15 is 0 Å². The van der Waals surface area contributed by atoms with Gasteiger partial charge in [-0.3, -0.25) is 4.90 Å². The Kier molecular flexibility index (Phi) is 4.79. The fourth-order valence-electron chi connectivity index (χ4n) is 5.25. The number of hydrogen-bond donors (Lipinski definition) is 1. The van der Waals surface area contributed by atoms with Crippen LogP contribution >= 0.6 is 0 Å². The second-order valence-electron chi connectivity index (χ2n) is 9.73. The standard InChI is InChI=1S/C23H32N2O3/c1-6-7-15-10-20(26)28-21-17(15)8-9-19-18(21)13-25(14-27-19)16-11-22(2,3)24-23(4,5)12-16/h8-10,16,24H,6-7,11-14H2,1-5H3. The van der Waals surface area contributed by atoms with Crippen molar-refractivity contribution in [2.24, 2.45) is 0 Å². The third-order valence-corrected chi connectivity index (χ3v) is 6.01. The molecule has 0 saturated carbocycles. The van der Waals surface area contributed by atoms with Gasteiger partial charge < -0.3 is 14.5 Å². The van der Waals surface area contributed by atoms with E-state index in [1.54, 1.807) is 6.07 Å². The van der Waals surface area contributed by atoms with Crippen molar-refractivity contribution in [3.8, 4) is 5.75 Å². The highest BCUT2D eigenvalue weighted by Crippen LogP contribution is 2.37. The summed E-state index contributed by atoms with van der Waals surface area (Å²) in [6, 6.07) is 6.12. The van der Waals surface area contributed by atoms with Crippen molar-refractivity contribution in [1.29, 1.82) is 0 Å². The van der Waals surface area contributed by atoms with Crippen molar-refractivity contribution >= 4 is 11.0 Å². The number of rotatable bonds is 3. The van der Waals surface area contributed by atoms with Gasteiger partial charge in [-0.1, -0.05) is 13.3 Å². The minimum Gasteiger partial charge on any atom is -0.478 e. The summed E-state index contributed by atoms with van der Waals surface area (Å²) in [6.45, 7) is 12.5. The molecule has 1 aromatic carbocycles. The maximum Gasteiger partial charge on any atom is 0.336 e. The Morgan fingerprint density at radius 3 is 2.57 bits per heavy atom. The number of nitrogens with one attached hydrogen (secondary N) is 1. The molecule has 1 fully saturated rings. The quantitative estimate of drug-likeness (QED) is 0.804. The molecule has 5 nitrogen and oxygen atoms in total. The summed E-state index contributed by atoms with van der Waals surface area (Å²) in [5.74, 6) is 0.841. The molecule has 0 aliphatic carbocycles. The molecule has 1 N–H and O–H groups in total. The van der Waals surface area contributed by atoms with Gasteiger partial charge in [0.25, 0.3) is 0 Å². The van der Waals surface area contributed by atoms with Gasteiger partial charge in [0.1, 0.15) is 18.1 Å².